The molecule has 3 nitrogen and oxygen atoms in total. The van der Waals surface area contributed by atoms with E-state index in [-0.39, 0.29) is 6.04 Å². The van der Waals surface area contributed by atoms with Gasteiger partial charge in [-0.1, -0.05) is 11.6 Å². The fourth-order valence-corrected chi connectivity index (χ4v) is 2.70. The molecule has 7 heteroatoms. The van der Waals surface area contributed by atoms with Gasteiger partial charge in [-0.15, -0.1) is 0 Å². The van der Waals surface area contributed by atoms with Gasteiger partial charge in [0.1, 0.15) is 0 Å². The van der Waals surface area contributed by atoms with Gasteiger partial charge in [0, 0.05) is 29.4 Å². The molecule has 2 aromatic carbocycles. The second kappa shape index (κ2) is 7.99. The van der Waals surface area contributed by atoms with Gasteiger partial charge in [-0.2, -0.15) is 18.3 Å². The summed E-state index contributed by atoms with van der Waals surface area (Å²) in [5.41, 5.74) is 2.30. The molecular weight excluding hydrogens is 363 g/mol. The van der Waals surface area contributed by atoms with E-state index in [1.54, 1.807) is 24.2 Å². The molecule has 0 aliphatic carbocycles. The Morgan fingerprint density at radius 2 is 1.73 bits per heavy atom. The zero-order valence-corrected chi connectivity index (χ0v) is 15.8. The molecule has 0 amide bonds. The maximum Gasteiger partial charge on any atom is 0.416 e. The largest absolute Gasteiger partial charge is 0.416 e. The Balaban J connectivity index is 2.42. The topological polar surface area (TPSA) is 27.6 Å². The number of hydrogen-bond donors (Lipinski definition) is 1. The van der Waals surface area contributed by atoms with E-state index < -0.39 is 11.7 Å². The average molecular weight is 384 g/mol. The van der Waals surface area contributed by atoms with Gasteiger partial charge < -0.3 is 5.32 Å². The molecule has 0 radical (unpaired) electrons. The number of benzene rings is 2. The summed E-state index contributed by atoms with van der Waals surface area (Å²) in [7, 11) is 1.80. The van der Waals surface area contributed by atoms with Gasteiger partial charge in [-0.25, -0.2) is 0 Å². The van der Waals surface area contributed by atoms with Crippen molar-refractivity contribution in [1.29, 1.82) is 0 Å². The highest BCUT2D eigenvalue weighted by Gasteiger charge is 2.30. The number of halogens is 4. The zero-order chi connectivity index (χ0) is 19.5. The van der Waals surface area contributed by atoms with Crippen molar-refractivity contribution in [3.05, 3.63) is 58.6 Å². The van der Waals surface area contributed by atoms with Crippen LogP contribution < -0.4 is 10.3 Å². The normalized spacial score (nSPS) is 12.4. The van der Waals surface area contributed by atoms with Crippen LogP contribution in [0.2, 0.25) is 5.02 Å². The molecule has 2 aromatic rings. The zero-order valence-electron chi connectivity index (χ0n) is 15.0. The molecule has 0 saturated heterocycles. The Bertz CT molecular complexity index is 784. The molecule has 0 fully saturated rings. The van der Waals surface area contributed by atoms with Crippen LogP contribution in [-0.2, 0) is 6.18 Å². The van der Waals surface area contributed by atoms with E-state index in [4.69, 9.17) is 11.6 Å². The van der Waals surface area contributed by atoms with Crippen molar-refractivity contribution in [2.24, 2.45) is 5.10 Å². The monoisotopic (exact) mass is 383 g/mol. The second-order valence-corrected chi connectivity index (χ2v) is 6.54. The van der Waals surface area contributed by atoms with E-state index in [1.807, 2.05) is 26.8 Å². The highest BCUT2D eigenvalue weighted by atomic mass is 35.5. The van der Waals surface area contributed by atoms with Gasteiger partial charge in [-0.3, -0.25) is 5.01 Å². The summed E-state index contributed by atoms with van der Waals surface area (Å²) >= 11 is 6.09. The lowest BCUT2D eigenvalue weighted by molar-refractivity contribution is -0.137. The molecule has 26 heavy (non-hydrogen) atoms. The van der Waals surface area contributed by atoms with Crippen molar-refractivity contribution in [2.45, 2.75) is 33.0 Å². The maximum atomic E-state index is 12.8. The SMILES string of the molecule is CNc1ccc(Cl)cc1/C(C)=N\N(c1ccc(C(F)(F)F)cc1)C(C)C. The summed E-state index contributed by atoms with van der Waals surface area (Å²) < 4.78 is 38.3. The Morgan fingerprint density at radius 1 is 1.12 bits per heavy atom. The second-order valence-electron chi connectivity index (χ2n) is 6.11. The summed E-state index contributed by atoms with van der Waals surface area (Å²) in [6.45, 7) is 5.68. The number of rotatable bonds is 5. The van der Waals surface area contributed by atoms with Gasteiger partial charge in [0.05, 0.1) is 17.0 Å². The predicted molar refractivity (Wildman–Crippen MR) is 102 cm³/mol. The fraction of sp³-hybridized carbons (Fsp3) is 0.316. The molecule has 0 saturated carbocycles. The Morgan fingerprint density at radius 3 is 2.23 bits per heavy atom. The van der Waals surface area contributed by atoms with E-state index >= 15 is 0 Å². The van der Waals surface area contributed by atoms with Gasteiger partial charge in [0.15, 0.2) is 0 Å². The lowest BCUT2D eigenvalue weighted by atomic mass is 10.1. The molecule has 2 rings (SSSR count). The molecule has 0 bridgehead atoms. The Kier molecular flexibility index (Phi) is 6.18. The van der Waals surface area contributed by atoms with E-state index in [0.717, 1.165) is 23.4 Å². The minimum atomic E-state index is -4.36. The minimum absolute atomic E-state index is 0.0427. The van der Waals surface area contributed by atoms with Crippen molar-refractivity contribution in [1.82, 2.24) is 0 Å². The smallest absolute Gasteiger partial charge is 0.388 e. The first-order chi connectivity index (χ1) is 12.1. The first kappa shape index (κ1) is 20.1. The van der Waals surface area contributed by atoms with Crippen molar-refractivity contribution in [2.75, 3.05) is 17.4 Å². The van der Waals surface area contributed by atoms with Crippen LogP contribution in [0.1, 0.15) is 31.9 Å². The number of alkyl halides is 3. The standard InChI is InChI=1S/C19H21ClF3N3/c1-12(2)26(16-8-5-14(6-9-16)19(21,22)23)25-13(3)17-11-15(20)7-10-18(17)24-4/h5-12,24H,1-4H3/b25-13-. The van der Waals surface area contributed by atoms with Crippen LogP contribution >= 0.6 is 11.6 Å². The first-order valence-electron chi connectivity index (χ1n) is 8.13. The third-order valence-corrected chi connectivity index (χ3v) is 4.08. The molecule has 0 aliphatic rings. The molecule has 140 valence electrons. The summed E-state index contributed by atoms with van der Waals surface area (Å²) in [5, 5.41) is 9.99. The highest BCUT2D eigenvalue weighted by molar-refractivity contribution is 6.31. The van der Waals surface area contributed by atoms with Crippen LogP contribution in [0.25, 0.3) is 0 Å². The van der Waals surface area contributed by atoms with E-state index in [0.29, 0.717) is 16.4 Å². The number of anilines is 2. The third kappa shape index (κ3) is 4.69. The fourth-order valence-electron chi connectivity index (χ4n) is 2.52. The van der Waals surface area contributed by atoms with E-state index in [9.17, 15) is 13.2 Å². The van der Waals surface area contributed by atoms with Crippen LogP contribution in [-0.4, -0.2) is 18.8 Å². The molecule has 0 spiro atoms. The quantitative estimate of drug-likeness (QED) is 0.503. The number of hydrazone groups is 1. The third-order valence-electron chi connectivity index (χ3n) is 3.85. The molecule has 0 aliphatic heterocycles. The van der Waals surface area contributed by atoms with Crippen LogP contribution in [0.15, 0.2) is 47.6 Å². The van der Waals surface area contributed by atoms with Crippen LogP contribution in [0.5, 0.6) is 0 Å². The predicted octanol–water partition coefficient (Wildman–Crippen LogP) is 6.04. The molecular formula is C19H21ClF3N3. The molecule has 0 atom stereocenters. The number of nitrogens with zero attached hydrogens (tertiary/aromatic N) is 2. The lowest BCUT2D eigenvalue weighted by Crippen LogP contribution is -2.26. The summed E-state index contributed by atoms with van der Waals surface area (Å²) in [5.74, 6) is 0. The minimum Gasteiger partial charge on any atom is -0.388 e. The molecule has 0 aromatic heterocycles. The van der Waals surface area contributed by atoms with Gasteiger partial charge in [-0.05, 0) is 63.2 Å². The van der Waals surface area contributed by atoms with Crippen molar-refractivity contribution < 1.29 is 13.2 Å². The van der Waals surface area contributed by atoms with Crippen molar-refractivity contribution in [3.63, 3.8) is 0 Å². The van der Waals surface area contributed by atoms with Gasteiger partial charge >= 0.3 is 6.18 Å². The number of hydrogen-bond acceptors (Lipinski definition) is 3. The molecule has 0 heterocycles. The highest BCUT2D eigenvalue weighted by Crippen LogP contribution is 2.31. The maximum absolute atomic E-state index is 12.8. The average Bonchev–Trinajstić information content (AvgIpc) is 2.58. The van der Waals surface area contributed by atoms with Crippen LogP contribution in [0.4, 0.5) is 24.5 Å². The van der Waals surface area contributed by atoms with E-state index in [2.05, 4.69) is 10.4 Å². The van der Waals surface area contributed by atoms with Crippen molar-refractivity contribution >= 4 is 28.7 Å². The Hall–Kier alpha value is -2.21. The van der Waals surface area contributed by atoms with Crippen LogP contribution in [0.3, 0.4) is 0 Å². The van der Waals surface area contributed by atoms with E-state index in [1.165, 1.54) is 12.1 Å². The Labute approximate surface area is 156 Å². The molecule has 1 N–H and O–H groups in total. The molecule has 0 unspecified atom stereocenters. The summed E-state index contributed by atoms with van der Waals surface area (Å²) in [6.07, 6.45) is -4.36. The summed E-state index contributed by atoms with van der Waals surface area (Å²) in [4.78, 5) is 0. The lowest BCUT2D eigenvalue weighted by Gasteiger charge is -2.25. The number of nitrogens with one attached hydrogen (secondary N) is 1. The van der Waals surface area contributed by atoms with Crippen molar-refractivity contribution in [3.8, 4) is 0 Å². The first-order valence-corrected chi connectivity index (χ1v) is 8.50. The summed E-state index contributed by atoms with van der Waals surface area (Å²) in [6, 6.07) is 10.4. The van der Waals surface area contributed by atoms with Gasteiger partial charge in [0.25, 0.3) is 0 Å². The van der Waals surface area contributed by atoms with Gasteiger partial charge in [0.2, 0.25) is 0 Å². The van der Waals surface area contributed by atoms with Crippen LogP contribution in [0, 0.1) is 0 Å².